The minimum absolute atomic E-state index is 0.0112. The molecule has 2 saturated heterocycles. The molecule has 23 nitrogen and oxygen atoms in total. The third kappa shape index (κ3) is 9.58. The van der Waals surface area contributed by atoms with E-state index in [2.05, 4.69) is 35.6 Å². The SMILES string of the molecule is CC(C)C(=O)Nc1nc2c(ncn2[C@@H]2O[C@H](CO)[C@@H](C)[C@H]2OP(=O)(OCCC#N)OC[C@H]2O[C@@H](n3cc(F)c4c(NC(=O)c5ccccc5)ncnc43)[C@H](C)[C@@H]2O[P+](=O)O)c(=O)[nH]1. The van der Waals surface area contributed by atoms with E-state index in [1.165, 1.54) is 15.5 Å². The lowest BCUT2D eigenvalue weighted by atomic mass is 10.0. The Hall–Kier alpha value is -5.44. The molecule has 5 N–H and O–H groups in total. The molecule has 26 heteroatoms. The number of halogens is 1. The Morgan fingerprint density at radius 3 is 2.49 bits per heavy atom. The van der Waals surface area contributed by atoms with Crippen LogP contribution >= 0.6 is 16.1 Å². The van der Waals surface area contributed by atoms with Crippen LogP contribution in [0.1, 0.15) is 56.9 Å². The van der Waals surface area contributed by atoms with Crippen LogP contribution in [0.25, 0.3) is 22.2 Å². The molecule has 0 aliphatic carbocycles. The number of aromatic amines is 1. The predicted octanol–water partition coefficient (Wildman–Crippen LogP) is 4.08. The average molecular weight is 916 g/mol. The number of carbonyl (C=O) groups excluding carboxylic acids is 2. The first-order chi connectivity index (χ1) is 30.1. The Labute approximate surface area is 357 Å². The number of anilines is 2. The number of nitrogens with one attached hydrogen (secondary N) is 3. The van der Waals surface area contributed by atoms with Gasteiger partial charge in [0.25, 0.3) is 11.5 Å². The standard InChI is InChI=1S/C37H41FN10O13P2/c1-18(2)32(50)45-37-44-31-26(34(52)46-37)42-17-48(31)36-28(19(3)23(14-49)58-36)61-63(55,56-12-8-11-39)57-15-24-27(60-62(53)54)20(4)35(59-24)47-13-22(38)25-29(40-16-41-30(25)47)43-33(51)21-9-6-5-7-10-21/h5-7,9-10,13,16-20,23-24,27-28,35-36,49H,8,12,14-15H2,1-4H3,(H3-,40,41,43,44,45,46,50,51,52,53,54)/p+1/t19-,20-,23-,24-,27+,28-,35-,36-,63?/m1/s1. The number of nitrogens with zero attached hydrogens (tertiary/aromatic N) is 7. The van der Waals surface area contributed by atoms with E-state index in [9.17, 15) is 38.8 Å². The van der Waals surface area contributed by atoms with E-state index in [0.717, 1.165) is 12.5 Å². The van der Waals surface area contributed by atoms with E-state index in [1.54, 1.807) is 58.0 Å². The molecule has 2 unspecified atom stereocenters. The van der Waals surface area contributed by atoms with Gasteiger partial charge in [-0.3, -0.25) is 42.8 Å². The van der Waals surface area contributed by atoms with Crippen molar-refractivity contribution in [2.45, 2.75) is 71.0 Å². The van der Waals surface area contributed by atoms with Crippen LogP contribution in [0, 0.1) is 34.9 Å². The van der Waals surface area contributed by atoms with Gasteiger partial charge in [0.1, 0.15) is 30.6 Å². The summed E-state index contributed by atoms with van der Waals surface area (Å²) >= 11 is 0. The molecule has 4 aromatic heterocycles. The van der Waals surface area contributed by atoms with Crippen LogP contribution < -0.4 is 16.2 Å². The molecule has 2 aliphatic rings. The molecule has 2 fully saturated rings. The minimum atomic E-state index is -4.82. The quantitative estimate of drug-likeness (QED) is 0.0648. The van der Waals surface area contributed by atoms with Crippen LogP contribution in [0.4, 0.5) is 16.2 Å². The van der Waals surface area contributed by atoms with Crippen LogP contribution in [0.3, 0.4) is 0 Å². The molecule has 0 radical (unpaired) electrons. The van der Waals surface area contributed by atoms with Gasteiger partial charge in [0.05, 0.1) is 50.1 Å². The molecule has 334 valence electrons. The highest BCUT2D eigenvalue weighted by Crippen LogP contribution is 2.56. The number of aromatic nitrogens is 7. The van der Waals surface area contributed by atoms with Gasteiger partial charge in [0.2, 0.25) is 11.9 Å². The molecule has 63 heavy (non-hydrogen) atoms. The number of phosphoric ester groups is 1. The first-order valence-corrected chi connectivity index (χ1v) is 22.1. The molecular weight excluding hydrogens is 873 g/mol. The van der Waals surface area contributed by atoms with Crippen LogP contribution in [0.15, 0.2) is 54.0 Å². The number of ether oxygens (including phenoxy) is 2. The second kappa shape index (κ2) is 19.1. The van der Waals surface area contributed by atoms with Crippen molar-refractivity contribution in [1.29, 1.82) is 5.26 Å². The summed E-state index contributed by atoms with van der Waals surface area (Å²) < 4.78 is 80.4. The Balaban J connectivity index is 1.16. The van der Waals surface area contributed by atoms with Gasteiger partial charge in [-0.05, 0) is 12.1 Å². The minimum Gasteiger partial charge on any atom is -0.394 e. The predicted molar refractivity (Wildman–Crippen MR) is 216 cm³/mol. The third-order valence-corrected chi connectivity index (χ3v) is 12.3. The summed E-state index contributed by atoms with van der Waals surface area (Å²) in [7, 11) is -8.08. The Morgan fingerprint density at radius 1 is 1.05 bits per heavy atom. The van der Waals surface area contributed by atoms with E-state index < -0.39 is 114 Å². The van der Waals surface area contributed by atoms with Gasteiger partial charge >= 0.3 is 16.1 Å². The largest absolute Gasteiger partial charge is 0.695 e. The number of aliphatic hydroxyl groups is 1. The number of hydrogen-bond acceptors (Lipinski definition) is 17. The molecule has 0 spiro atoms. The Bertz CT molecular complexity index is 2660. The highest BCUT2D eigenvalue weighted by molar-refractivity contribution is 7.48. The van der Waals surface area contributed by atoms with E-state index >= 15 is 4.39 Å². The van der Waals surface area contributed by atoms with Crippen molar-refractivity contribution in [3.05, 3.63) is 70.9 Å². The van der Waals surface area contributed by atoms with Gasteiger partial charge in [-0.1, -0.05) is 45.9 Å². The maximum Gasteiger partial charge on any atom is 0.695 e. The molecule has 10 atom stereocenters. The number of fused-ring (bicyclic) bond motifs is 2. The van der Waals surface area contributed by atoms with Crippen molar-refractivity contribution in [3.8, 4) is 6.07 Å². The lowest BCUT2D eigenvalue weighted by Gasteiger charge is -2.27. The molecule has 6 heterocycles. The van der Waals surface area contributed by atoms with Crippen molar-refractivity contribution in [3.63, 3.8) is 0 Å². The Morgan fingerprint density at radius 2 is 1.79 bits per heavy atom. The average Bonchev–Trinajstić information content (AvgIpc) is 4.00. The third-order valence-electron chi connectivity index (χ3n) is 10.4. The van der Waals surface area contributed by atoms with Gasteiger partial charge in [-0.25, -0.2) is 23.9 Å². The molecule has 0 bridgehead atoms. The topological polar surface area (TPSA) is 306 Å². The molecule has 0 saturated carbocycles. The highest BCUT2D eigenvalue weighted by Gasteiger charge is 2.52. The number of carbonyl (C=O) groups is 2. The smallest absolute Gasteiger partial charge is 0.394 e. The maximum atomic E-state index is 15.8. The molecule has 2 aliphatic heterocycles. The first kappa shape index (κ1) is 45.6. The molecule has 2 amide bonds. The summed E-state index contributed by atoms with van der Waals surface area (Å²) in [5.74, 6) is -4.18. The van der Waals surface area contributed by atoms with Gasteiger partial charge in [-0.15, -0.1) is 9.42 Å². The number of nitriles is 1. The van der Waals surface area contributed by atoms with E-state index in [0.29, 0.717) is 5.56 Å². The van der Waals surface area contributed by atoms with Crippen LogP contribution in [-0.2, 0) is 41.5 Å². The summed E-state index contributed by atoms with van der Waals surface area (Å²) in [5.41, 5.74) is -0.623. The van der Waals surface area contributed by atoms with Crippen LogP contribution in [-0.4, -0.2) is 100 Å². The Kier molecular flexibility index (Phi) is 13.8. The lowest BCUT2D eigenvalue weighted by molar-refractivity contribution is -0.118. The van der Waals surface area contributed by atoms with Crippen molar-refractivity contribution in [2.24, 2.45) is 17.8 Å². The van der Waals surface area contributed by atoms with Gasteiger partial charge in [-0.2, -0.15) is 10.2 Å². The van der Waals surface area contributed by atoms with Crippen molar-refractivity contribution in [1.82, 2.24) is 34.1 Å². The first-order valence-electron chi connectivity index (χ1n) is 19.5. The fourth-order valence-corrected chi connectivity index (χ4v) is 9.15. The summed E-state index contributed by atoms with van der Waals surface area (Å²) in [6, 6.07) is 10.1. The number of H-pyrrole nitrogens is 1. The zero-order chi connectivity index (χ0) is 45.2. The maximum absolute atomic E-state index is 15.8. The number of hydrogen-bond donors (Lipinski definition) is 5. The number of benzene rings is 1. The summed E-state index contributed by atoms with van der Waals surface area (Å²) in [4.78, 5) is 67.5. The summed E-state index contributed by atoms with van der Waals surface area (Å²) in [6.07, 6.45) is -4.11. The lowest BCUT2D eigenvalue weighted by Crippen LogP contribution is -2.32. The monoisotopic (exact) mass is 915 g/mol. The van der Waals surface area contributed by atoms with E-state index in [4.69, 9.17) is 27.6 Å². The molecular formula is C37H42FN10O13P2+. The molecule has 1 aromatic carbocycles. The highest BCUT2D eigenvalue weighted by atomic mass is 31.2. The molecule has 5 aromatic rings. The van der Waals surface area contributed by atoms with Crippen molar-refractivity contribution in [2.75, 3.05) is 30.5 Å². The second-order valence-electron chi connectivity index (χ2n) is 14.9. The number of imidazole rings is 1. The van der Waals surface area contributed by atoms with Gasteiger partial charge in [0, 0.05) is 34.1 Å². The van der Waals surface area contributed by atoms with Gasteiger partial charge < -0.3 is 24.5 Å². The van der Waals surface area contributed by atoms with E-state index in [1.807, 2.05) is 6.07 Å². The summed E-state index contributed by atoms with van der Waals surface area (Å²) in [6.45, 7) is 4.84. The number of phosphoric acid groups is 1. The van der Waals surface area contributed by atoms with Crippen molar-refractivity contribution >= 4 is 61.9 Å². The van der Waals surface area contributed by atoms with Crippen molar-refractivity contribution < 1.29 is 60.7 Å². The van der Waals surface area contributed by atoms with Gasteiger partial charge in [0.15, 0.2) is 35.0 Å². The number of rotatable bonds is 17. The summed E-state index contributed by atoms with van der Waals surface area (Å²) in [5, 5.41) is 24.5. The molecule has 7 rings (SSSR count). The number of amides is 2. The second-order valence-corrected chi connectivity index (χ2v) is 17.2. The van der Waals surface area contributed by atoms with E-state index in [-0.39, 0.29) is 40.4 Å². The fraction of sp³-hybridized carbons (Fsp3) is 0.459. The van der Waals surface area contributed by atoms with Crippen LogP contribution in [0.2, 0.25) is 0 Å². The fourth-order valence-electron chi connectivity index (χ4n) is 7.18. The van der Waals surface area contributed by atoms with Crippen LogP contribution in [0.5, 0.6) is 0 Å². The zero-order valence-electron chi connectivity index (χ0n) is 33.9. The number of aliphatic hydroxyl groups excluding tert-OH is 1. The normalized spacial score (nSPS) is 24.7. The zero-order valence-corrected chi connectivity index (χ0v) is 35.7.